The van der Waals surface area contributed by atoms with Gasteiger partial charge in [-0.15, -0.1) is 10.2 Å². The summed E-state index contributed by atoms with van der Waals surface area (Å²) in [6.45, 7) is 5.25. The molecule has 0 unspecified atom stereocenters. The third-order valence-electron chi connectivity index (χ3n) is 1.81. The Balaban J connectivity index is 2.32. The topological polar surface area (TPSA) is 30.7 Å². The second-order valence-electron chi connectivity index (χ2n) is 2.78. The van der Waals surface area contributed by atoms with Crippen molar-refractivity contribution in [2.24, 2.45) is 0 Å². The van der Waals surface area contributed by atoms with Gasteiger partial charge in [0.15, 0.2) is 0 Å². The Morgan fingerprint density at radius 3 is 2.82 bits per heavy atom. The van der Waals surface area contributed by atoms with Gasteiger partial charge < -0.3 is 4.57 Å². The molecule has 0 spiro atoms. The number of unbranched alkanes of at least 4 members (excludes halogenated alkanes) is 2. The van der Waals surface area contributed by atoms with Gasteiger partial charge in [-0.25, -0.2) is 0 Å². The fraction of sp³-hybridized carbons (Fsp3) is 0.750. The Morgan fingerprint density at radius 1 is 1.45 bits per heavy atom. The van der Waals surface area contributed by atoms with Gasteiger partial charge in [0.25, 0.3) is 0 Å². The Bertz CT molecular complexity index is 205. The molecule has 0 aliphatic rings. The van der Waals surface area contributed by atoms with E-state index < -0.39 is 0 Å². The van der Waals surface area contributed by atoms with Crippen molar-refractivity contribution in [1.29, 1.82) is 0 Å². The van der Waals surface area contributed by atoms with E-state index in [9.17, 15) is 0 Å². The number of rotatable bonds is 4. The van der Waals surface area contributed by atoms with Crippen LogP contribution in [0.15, 0.2) is 6.33 Å². The van der Waals surface area contributed by atoms with Crippen LogP contribution in [-0.2, 0) is 6.54 Å². The minimum atomic E-state index is 1.01. The maximum atomic E-state index is 3.91. The van der Waals surface area contributed by atoms with Crippen LogP contribution in [-0.4, -0.2) is 14.8 Å². The maximum absolute atomic E-state index is 3.91. The SMILES string of the molecule is CCCCCn1cnnc1C. The van der Waals surface area contributed by atoms with Crippen LogP contribution < -0.4 is 0 Å². The Hall–Kier alpha value is -0.860. The van der Waals surface area contributed by atoms with Crippen LogP contribution in [0, 0.1) is 6.92 Å². The molecule has 0 saturated heterocycles. The van der Waals surface area contributed by atoms with E-state index in [-0.39, 0.29) is 0 Å². The molecule has 11 heavy (non-hydrogen) atoms. The van der Waals surface area contributed by atoms with Crippen LogP contribution in [0.1, 0.15) is 32.0 Å². The van der Waals surface area contributed by atoms with E-state index in [2.05, 4.69) is 21.7 Å². The molecule has 0 fully saturated rings. The normalized spacial score (nSPS) is 10.4. The van der Waals surface area contributed by atoms with Crippen LogP contribution in [0.25, 0.3) is 0 Å². The Kier molecular flexibility index (Phi) is 3.08. The zero-order valence-corrected chi connectivity index (χ0v) is 7.25. The highest BCUT2D eigenvalue weighted by Crippen LogP contribution is 1.99. The Labute approximate surface area is 67.4 Å². The second kappa shape index (κ2) is 4.11. The van der Waals surface area contributed by atoms with Crippen LogP contribution in [0.5, 0.6) is 0 Å². The molecule has 0 atom stereocenters. The van der Waals surface area contributed by atoms with Gasteiger partial charge in [0.2, 0.25) is 0 Å². The zero-order chi connectivity index (χ0) is 8.10. The first-order chi connectivity index (χ1) is 5.34. The van der Waals surface area contributed by atoms with E-state index in [0.29, 0.717) is 0 Å². The molecule has 3 nitrogen and oxygen atoms in total. The van der Waals surface area contributed by atoms with Gasteiger partial charge in [-0.1, -0.05) is 19.8 Å². The lowest BCUT2D eigenvalue weighted by Crippen LogP contribution is -1.98. The molecule has 0 radical (unpaired) electrons. The van der Waals surface area contributed by atoms with E-state index in [1.165, 1.54) is 19.3 Å². The number of aromatic nitrogens is 3. The third kappa shape index (κ3) is 2.33. The smallest absolute Gasteiger partial charge is 0.129 e. The molecule has 1 rings (SSSR count). The molecule has 1 aromatic heterocycles. The highest BCUT2D eigenvalue weighted by Gasteiger charge is 1.95. The number of aryl methyl sites for hydroxylation is 2. The summed E-state index contributed by atoms with van der Waals surface area (Å²) in [5, 5.41) is 7.72. The van der Waals surface area contributed by atoms with Crippen molar-refractivity contribution in [2.75, 3.05) is 0 Å². The summed E-state index contributed by atoms with van der Waals surface area (Å²) in [6, 6.07) is 0. The summed E-state index contributed by atoms with van der Waals surface area (Å²) < 4.78 is 2.09. The summed E-state index contributed by atoms with van der Waals surface area (Å²) in [4.78, 5) is 0. The molecule has 0 bridgehead atoms. The average Bonchev–Trinajstić information content (AvgIpc) is 2.37. The van der Waals surface area contributed by atoms with Crippen LogP contribution in [0.2, 0.25) is 0 Å². The minimum Gasteiger partial charge on any atom is -0.318 e. The van der Waals surface area contributed by atoms with Crippen LogP contribution in [0.3, 0.4) is 0 Å². The van der Waals surface area contributed by atoms with Gasteiger partial charge in [-0.05, 0) is 13.3 Å². The number of nitrogens with zero attached hydrogens (tertiary/aromatic N) is 3. The molecular formula is C8H15N3. The van der Waals surface area contributed by atoms with Crippen molar-refractivity contribution in [3.8, 4) is 0 Å². The van der Waals surface area contributed by atoms with Gasteiger partial charge in [0.05, 0.1) is 0 Å². The predicted molar refractivity (Wildman–Crippen MR) is 44.3 cm³/mol. The summed E-state index contributed by atoms with van der Waals surface area (Å²) in [6.07, 6.45) is 5.58. The van der Waals surface area contributed by atoms with Gasteiger partial charge in [0, 0.05) is 6.54 Å². The minimum absolute atomic E-state index is 1.01. The number of hydrogen-bond donors (Lipinski definition) is 0. The molecule has 0 aromatic carbocycles. The van der Waals surface area contributed by atoms with Crippen molar-refractivity contribution in [2.45, 2.75) is 39.7 Å². The molecule has 62 valence electrons. The van der Waals surface area contributed by atoms with Crippen molar-refractivity contribution in [3.63, 3.8) is 0 Å². The van der Waals surface area contributed by atoms with Gasteiger partial charge in [-0.3, -0.25) is 0 Å². The lowest BCUT2D eigenvalue weighted by atomic mass is 10.2. The van der Waals surface area contributed by atoms with Gasteiger partial charge in [0.1, 0.15) is 12.2 Å². The lowest BCUT2D eigenvalue weighted by molar-refractivity contribution is 0.590. The number of hydrogen-bond acceptors (Lipinski definition) is 2. The molecule has 0 amide bonds. The highest BCUT2D eigenvalue weighted by molar-refractivity contribution is 4.79. The van der Waals surface area contributed by atoms with E-state index in [4.69, 9.17) is 0 Å². The second-order valence-corrected chi connectivity index (χ2v) is 2.78. The molecular weight excluding hydrogens is 138 g/mol. The molecule has 1 heterocycles. The predicted octanol–water partition coefficient (Wildman–Crippen LogP) is 1.78. The van der Waals surface area contributed by atoms with E-state index in [1.807, 2.05) is 6.92 Å². The van der Waals surface area contributed by atoms with Gasteiger partial charge >= 0.3 is 0 Å². The van der Waals surface area contributed by atoms with Crippen molar-refractivity contribution >= 4 is 0 Å². The summed E-state index contributed by atoms with van der Waals surface area (Å²) in [5.41, 5.74) is 0. The third-order valence-corrected chi connectivity index (χ3v) is 1.81. The quantitative estimate of drug-likeness (QED) is 0.617. The van der Waals surface area contributed by atoms with Crippen molar-refractivity contribution in [3.05, 3.63) is 12.2 Å². The lowest BCUT2D eigenvalue weighted by Gasteiger charge is -2.01. The fourth-order valence-corrected chi connectivity index (χ4v) is 1.06. The summed E-state index contributed by atoms with van der Waals surface area (Å²) in [7, 11) is 0. The monoisotopic (exact) mass is 153 g/mol. The first-order valence-electron chi connectivity index (χ1n) is 4.19. The fourth-order valence-electron chi connectivity index (χ4n) is 1.06. The van der Waals surface area contributed by atoms with E-state index in [0.717, 1.165) is 12.4 Å². The first kappa shape index (κ1) is 8.24. The molecule has 1 aromatic rings. The largest absolute Gasteiger partial charge is 0.318 e. The van der Waals surface area contributed by atoms with Crippen LogP contribution in [0.4, 0.5) is 0 Å². The molecule has 0 aliphatic carbocycles. The highest BCUT2D eigenvalue weighted by atomic mass is 15.2. The molecule has 0 N–H and O–H groups in total. The van der Waals surface area contributed by atoms with Crippen LogP contribution >= 0.6 is 0 Å². The molecule has 0 aliphatic heterocycles. The zero-order valence-electron chi connectivity index (χ0n) is 7.25. The molecule has 3 heteroatoms. The van der Waals surface area contributed by atoms with Crippen molar-refractivity contribution in [1.82, 2.24) is 14.8 Å². The standard InChI is InChI=1S/C8H15N3/c1-3-4-5-6-11-7-9-10-8(11)2/h7H,3-6H2,1-2H3. The van der Waals surface area contributed by atoms with Crippen molar-refractivity contribution < 1.29 is 0 Å². The van der Waals surface area contributed by atoms with E-state index in [1.54, 1.807) is 6.33 Å². The Morgan fingerprint density at radius 2 is 2.27 bits per heavy atom. The van der Waals surface area contributed by atoms with Gasteiger partial charge in [-0.2, -0.15) is 0 Å². The molecule has 0 saturated carbocycles. The van der Waals surface area contributed by atoms with E-state index >= 15 is 0 Å². The first-order valence-corrected chi connectivity index (χ1v) is 4.19. The maximum Gasteiger partial charge on any atom is 0.129 e. The summed E-state index contributed by atoms with van der Waals surface area (Å²) in [5.74, 6) is 1.01. The summed E-state index contributed by atoms with van der Waals surface area (Å²) >= 11 is 0. The average molecular weight is 153 g/mol.